The van der Waals surface area contributed by atoms with Crippen LogP contribution >= 0.6 is 23.1 Å². The molecule has 6 heteroatoms. The number of amides is 1. The first kappa shape index (κ1) is 10.2. The molecule has 1 aromatic heterocycles. The largest absolute Gasteiger partial charge is 0.364 e. The van der Waals surface area contributed by atoms with Crippen LogP contribution in [0.15, 0.2) is 4.34 Å². The fourth-order valence-electron chi connectivity index (χ4n) is 0.793. The predicted molar refractivity (Wildman–Crippen MR) is 52.4 cm³/mol. The molecule has 0 aliphatic heterocycles. The van der Waals surface area contributed by atoms with E-state index in [4.69, 9.17) is 5.73 Å². The van der Waals surface area contributed by atoms with Gasteiger partial charge in [0.2, 0.25) is 0 Å². The predicted octanol–water partition coefficient (Wildman–Crippen LogP) is 1.17. The molecule has 0 fully saturated rings. The van der Waals surface area contributed by atoms with Crippen molar-refractivity contribution in [2.24, 2.45) is 5.73 Å². The third-order valence-electron chi connectivity index (χ3n) is 1.34. The van der Waals surface area contributed by atoms with Crippen molar-refractivity contribution in [3.63, 3.8) is 0 Å². The van der Waals surface area contributed by atoms with Crippen LogP contribution in [0.2, 0.25) is 0 Å². The van der Waals surface area contributed by atoms with Crippen LogP contribution in [-0.2, 0) is 0 Å². The van der Waals surface area contributed by atoms with Gasteiger partial charge in [-0.1, -0.05) is 11.8 Å². The molecule has 4 nitrogen and oxygen atoms in total. The van der Waals surface area contributed by atoms with E-state index in [0.29, 0.717) is 9.22 Å². The van der Waals surface area contributed by atoms with E-state index in [1.54, 1.807) is 0 Å². The van der Waals surface area contributed by atoms with Crippen LogP contribution in [0.5, 0.6) is 0 Å². The van der Waals surface area contributed by atoms with Crippen LogP contribution in [0.25, 0.3) is 0 Å². The molecule has 0 bridgehead atoms. The fourth-order valence-corrected chi connectivity index (χ4v) is 2.26. The van der Waals surface area contributed by atoms with Crippen molar-refractivity contribution >= 4 is 34.8 Å². The smallest absolute Gasteiger partial charge is 0.268 e. The van der Waals surface area contributed by atoms with E-state index in [1.807, 2.05) is 6.26 Å². The number of hydrogen-bond donors (Lipinski definition) is 1. The number of aromatic nitrogens is 1. The first-order chi connectivity index (χ1) is 6.06. The standard InChI is InChI=1S/C7H8N2O2S2/c1-3(10)5-4(6(8)11)9-7(12-2)13-5/h1-2H3,(H2,8,11). The van der Waals surface area contributed by atoms with E-state index in [2.05, 4.69) is 4.98 Å². The van der Waals surface area contributed by atoms with Gasteiger partial charge in [0, 0.05) is 6.92 Å². The van der Waals surface area contributed by atoms with Gasteiger partial charge >= 0.3 is 0 Å². The van der Waals surface area contributed by atoms with Crippen LogP contribution in [0.3, 0.4) is 0 Å². The van der Waals surface area contributed by atoms with E-state index < -0.39 is 5.91 Å². The highest BCUT2D eigenvalue weighted by molar-refractivity contribution is 8.00. The number of nitrogens with two attached hydrogens (primary N) is 1. The fraction of sp³-hybridized carbons (Fsp3) is 0.286. The second-order valence-electron chi connectivity index (χ2n) is 2.28. The Balaban J connectivity index is 3.23. The Morgan fingerprint density at radius 3 is 2.46 bits per heavy atom. The first-order valence-electron chi connectivity index (χ1n) is 3.41. The molecule has 1 aromatic rings. The van der Waals surface area contributed by atoms with E-state index in [0.717, 1.165) is 0 Å². The van der Waals surface area contributed by atoms with Crippen molar-refractivity contribution in [3.05, 3.63) is 10.6 Å². The summed E-state index contributed by atoms with van der Waals surface area (Å²) in [6.45, 7) is 1.39. The number of rotatable bonds is 3. The molecule has 2 N–H and O–H groups in total. The molecule has 0 atom stereocenters. The van der Waals surface area contributed by atoms with Gasteiger partial charge < -0.3 is 5.73 Å². The average molecular weight is 216 g/mol. The summed E-state index contributed by atoms with van der Waals surface area (Å²) < 4.78 is 0.680. The van der Waals surface area contributed by atoms with E-state index in [1.165, 1.54) is 30.0 Å². The van der Waals surface area contributed by atoms with Gasteiger partial charge in [-0.05, 0) is 6.26 Å². The van der Waals surface area contributed by atoms with Crippen LogP contribution in [0.4, 0.5) is 0 Å². The molecule has 0 saturated carbocycles. The van der Waals surface area contributed by atoms with Gasteiger partial charge in [0.05, 0.1) is 0 Å². The van der Waals surface area contributed by atoms with Gasteiger partial charge in [-0.15, -0.1) is 11.3 Å². The quantitative estimate of drug-likeness (QED) is 0.608. The third-order valence-corrected chi connectivity index (χ3v) is 3.48. The Kier molecular flexibility index (Phi) is 3.05. The number of thiazole rings is 1. The Morgan fingerprint density at radius 2 is 2.15 bits per heavy atom. The zero-order valence-corrected chi connectivity index (χ0v) is 8.79. The minimum atomic E-state index is -0.651. The van der Waals surface area contributed by atoms with Crippen molar-refractivity contribution in [3.8, 4) is 0 Å². The van der Waals surface area contributed by atoms with E-state index in [9.17, 15) is 9.59 Å². The van der Waals surface area contributed by atoms with Gasteiger partial charge in [-0.3, -0.25) is 9.59 Å². The molecule has 0 unspecified atom stereocenters. The highest BCUT2D eigenvalue weighted by Gasteiger charge is 2.18. The number of Topliss-reactive ketones (excluding diaryl/α,β-unsaturated/α-hetero) is 1. The molecule has 1 heterocycles. The van der Waals surface area contributed by atoms with Crippen LogP contribution < -0.4 is 5.73 Å². The Hall–Kier alpha value is -0.880. The molecule has 0 aliphatic carbocycles. The summed E-state index contributed by atoms with van der Waals surface area (Å²) in [5, 5.41) is 0. The summed E-state index contributed by atoms with van der Waals surface area (Å²) in [7, 11) is 0. The van der Waals surface area contributed by atoms with Gasteiger partial charge in [-0.2, -0.15) is 0 Å². The lowest BCUT2D eigenvalue weighted by molar-refractivity contribution is 0.0972. The van der Waals surface area contributed by atoms with Crippen molar-refractivity contribution in [1.82, 2.24) is 4.98 Å². The van der Waals surface area contributed by atoms with Gasteiger partial charge in [0.1, 0.15) is 4.88 Å². The van der Waals surface area contributed by atoms with Crippen LogP contribution in [0.1, 0.15) is 27.1 Å². The molecule has 70 valence electrons. The zero-order chi connectivity index (χ0) is 10.0. The zero-order valence-electron chi connectivity index (χ0n) is 7.16. The summed E-state index contributed by atoms with van der Waals surface area (Å²) in [6, 6.07) is 0. The lowest BCUT2D eigenvalue weighted by Crippen LogP contribution is -2.14. The molecule has 0 aliphatic rings. The Bertz CT molecular complexity index is 328. The van der Waals surface area contributed by atoms with E-state index >= 15 is 0 Å². The molecular weight excluding hydrogens is 208 g/mol. The Labute approximate surface area is 83.5 Å². The van der Waals surface area contributed by atoms with Crippen molar-refractivity contribution in [2.75, 3.05) is 6.26 Å². The van der Waals surface area contributed by atoms with Crippen molar-refractivity contribution in [2.45, 2.75) is 11.3 Å². The lowest BCUT2D eigenvalue weighted by atomic mass is 10.3. The maximum Gasteiger partial charge on any atom is 0.268 e. The SMILES string of the molecule is CSc1nc(C(N)=O)c(C(C)=O)s1. The van der Waals surface area contributed by atoms with Crippen LogP contribution in [0, 0.1) is 0 Å². The second-order valence-corrected chi connectivity index (χ2v) is 4.33. The minimum Gasteiger partial charge on any atom is -0.364 e. The summed E-state index contributed by atoms with van der Waals surface area (Å²) in [6.07, 6.45) is 1.83. The molecule has 0 saturated heterocycles. The number of ketones is 1. The summed E-state index contributed by atoms with van der Waals surface area (Å²) in [5.74, 6) is -0.826. The van der Waals surface area contributed by atoms with Crippen molar-refractivity contribution < 1.29 is 9.59 Å². The number of thioether (sulfide) groups is 1. The summed E-state index contributed by atoms with van der Waals surface area (Å²) >= 11 is 2.58. The van der Waals surface area contributed by atoms with Gasteiger partial charge in [-0.25, -0.2) is 4.98 Å². The monoisotopic (exact) mass is 216 g/mol. The second kappa shape index (κ2) is 3.89. The van der Waals surface area contributed by atoms with E-state index in [-0.39, 0.29) is 11.5 Å². The molecule has 0 radical (unpaired) electrons. The molecule has 0 aromatic carbocycles. The average Bonchev–Trinajstić information content (AvgIpc) is 2.47. The highest BCUT2D eigenvalue weighted by Crippen LogP contribution is 2.25. The number of primary amides is 1. The topological polar surface area (TPSA) is 73.0 Å². The number of nitrogens with zero attached hydrogens (tertiary/aromatic N) is 1. The van der Waals surface area contributed by atoms with Crippen molar-refractivity contribution in [1.29, 1.82) is 0 Å². The molecular formula is C7H8N2O2S2. The minimum absolute atomic E-state index is 0.0850. The number of carbonyl (C=O) groups excluding carboxylic acids is 2. The molecule has 1 amide bonds. The number of carbonyl (C=O) groups is 2. The lowest BCUT2D eigenvalue weighted by Gasteiger charge is -1.90. The summed E-state index contributed by atoms with van der Waals surface area (Å²) in [5.41, 5.74) is 5.15. The van der Waals surface area contributed by atoms with Crippen LogP contribution in [-0.4, -0.2) is 22.9 Å². The maximum absolute atomic E-state index is 11.1. The van der Waals surface area contributed by atoms with Gasteiger partial charge in [0.25, 0.3) is 5.91 Å². The molecule has 13 heavy (non-hydrogen) atoms. The number of hydrogen-bond acceptors (Lipinski definition) is 5. The third kappa shape index (κ3) is 2.07. The summed E-state index contributed by atoms with van der Waals surface area (Å²) in [4.78, 5) is 26.2. The normalized spacial score (nSPS) is 10.0. The molecule has 0 spiro atoms. The first-order valence-corrected chi connectivity index (χ1v) is 5.46. The Morgan fingerprint density at radius 1 is 1.54 bits per heavy atom. The van der Waals surface area contributed by atoms with Gasteiger partial charge in [0.15, 0.2) is 15.8 Å². The maximum atomic E-state index is 11.1. The molecule has 1 rings (SSSR count). The highest BCUT2D eigenvalue weighted by atomic mass is 32.2.